The molecule has 72 valence electrons. The fourth-order valence-electron chi connectivity index (χ4n) is 1.14. The molecule has 0 saturated carbocycles. The van der Waals surface area contributed by atoms with Crippen molar-refractivity contribution in [2.45, 2.75) is 18.6 Å². The smallest absolute Gasteiger partial charge is 0.105 e. The van der Waals surface area contributed by atoms with Crippen molar-refractivity contribution in [1.29, 1.82) is 0 Å². The molecule has 2 atom stereocenters. The lowest BCUT2D eigenvalue weighted by atomic mass is 10.0. The lowest BCUT2D eigenvalue weighted by Gasteiger charge is -2.16. The summed E-state index contributed by atoms with van der Waals surface area (Å²) in [5.74, 6) is 0. The molecule has 0 bridgehead atoms. The van der Waals surface area contributed by atoms with Crippen LogP contribution in [-0.4, -0.2) is 21.6 Å². The molecule has 0 fully saturated rings. The largest absolute Gasteiger partial charge is 0.390 e. The summed E-state index contributed by atoms with van der Waals surface area (Å²) in [7, 11) is 0. The van der Waals surface area contributed by atoms with Crippen LogP contribution >= 0.6 is 15.9 Å². The number of hydrogen-bond acceptors (Lipinski definition) is 2. The van der Waals surface area contributed by atoms with Crippen molar-refractivity contribution < 1.29 is 10.2 Å². The number of halogens is 1. The Kier molecular flexibility index (Phi) is 4.42. The average Bonchev–Trinajstić information content (AvgIpc) is 2.18. The summed E-state index contributed by atoms with van der Waals surface area (Å²) in [6.45, 7) is 0. The number of aliphatic hydroxyl groups is 2. The Hall–Kier alpha value is -0.380. The maximum atomic E-state index is 9.65. The van der Waals surface area contributed by atoms with Crippen LogP contribution in [0.3, 0.4) is 0 Å². The minimum Gasteiger partial charge on any atom is -0.390 e. The number of rotatable bonds is 4. The standard InChI is InChI=1S/C10H13BrO2/c11-7-6-9(12)10(13)8-4-2-1-3-5-8/h1-5,9-10,12-13H,6-7H2. The van der Waals surface area contributed by atoms with Gasteiger partial charge in [0.05, 0.1) is 6.10 Å². The third-order valence-corrected chi connectivity index (χ3v) is 2.37. The van der Waals surface area contributed by atoms with Gasteiger partial charge in [-0.05, 0) is 12.0 Å². The summed E-state index contributed by atoms with van der Waals surface area (Å²) < 4.78 is 0. The summed E-state index contributed by atoms with van der Waals surface area (Å²) in [5.41, 5.74) is 0.760. The molecule has 0 aliphatic heterocycles. The molecular formula is C10H13BrO2. The van der Waals surface area contributed by atoms with Crippen molar-refractivity contribution in [2.75, 3.05) is 5.33 Å². The van der Waals surface area contributed by atoms with Gasteiger partial charge >= 0.3 is 0 Å². The maximum Gasteiger partial charge on any atom is 0.105 e. The van der Waals surface area contributed by atoms with Gasteiger partial charge in [0.15, 0.2) is 0 Å². The molecule has 0 aromatic heterocycles. The second kappa shape index (κ2) is 5.37. The SMILES string of the molecule is OC(CCBr)C(O)c1ccccc1. The Morgan fingerprint density at radius 2 is 1.77 bits per heavy atom. The first-order valence-electron chi connectivity index (χ1n) is 4.22. The van der Waals surface area contributed by atoms with Crippen LogP contribution < -0.4 is 0 Å². The van der Waals surface area contributed by atoms with Crippen LogP contribution in [0.1, 0.15) is 18.1 Å². The molecule has 0 heterocycles. The van der Waals surface area contributed by atoms with E-state index in [4.69, 9.17) is 0 Å². The predicted octanol–water partition coefficient (Wildman–Crippen LogP) is 1.87. The van der Waals surface area contributed by atoms with Crippen LogP contribution in [0.5, 0.6) is 0 Å². The molecular weight excluding hydrogens is 232 g/mol. The van der Waals surface area contributed by atoms with Crippen LogP contribution in [0, 0.1) is 0 Å². The fourth-order valence-corrected chi connectivity index (χ4v) is 1.61. The molecule has 2 unspecified atom stereocenters. The van der Waals surface area contributed by atoms with Gasteiger partial charge in [0.25, 0.3) is 0 Å². The minimum atomic E-state index is -0.779. The van der Waals surface area contributed by atoms with Crippen molar-refractivity contribution in [3.63, 3.8) is 0 Å². The molecule has 0 aliphatic carbocycles. The fraction of sp³-hybridized carbons (Fsp3) is 0.400. The normalized spacial score (nSPS) is 15.3. The van der Waals surface area contributed by atoms with E-state index in [9.17, 15) is 10.2 Å². The molecule has 0 saturated heterocycles. The van der Waals surface area contributed by atoms with Gasteiger partial charge in [-0.1, -0.05) is 46.3 Å². The third kappa shape index (κ3) is 3.10. The first-order chi connectivity index (χ1) is 6.25. The second-order valence-electron chi connectivity index (χ2n) is 2.90. The molecule has 2 N–H and O–H groups in total. The number of alkyl halides is 1. The Balaban J connectivity index is 2.62. The molecule has 0 spiro atoms. The van der Waals surface area contributed by atoms with Crippen molar-refractivity contribution >= 4 is 15.9 Å². The highest BCUT2D eigenvalue weighted by molar-refractivity contribution is 9.09. The molecule has 0 aliphatic rings. The number of hydrogen-bond donors (Lipinski definition) is 2. The average molecular weight is 245 g/mol. The van der Waals surface area contributed by atoms with Crippen LogP contribution in [0.4, 0.5) is 0 Å². The molecule has 2 nitrogen and oxygen atoms in total. The molecule has 0 radical (unpaired) electrons. The summed E-state index contributed by atoms with van der Waals surface area (Å²) >= 11 is 3.22. The van der Waals surface area contributed by atoms with E-state index < -0.39 is 12.2 Å². The summed E-state index contributed by atoms with van der Waals surface area (Å²) in [5, 5.41) is 19.8. The van der Waals surface area contributed by atoms with E-state index >= 15 is 0 Å². The minimum absolute atomic E-state index is 0.552. The van der Waals surface area contributed by atoms with Gasteiger partial charge in [-0.25, -0.2) is 0 Å². The van der Waals surface area contributed by atoms with E-state index in [0.717, 1.165) is 5.56 Å². The molecule has 1 aromatic rings. The molecule has 1 rings (SSSR count). The Labute approximate surface area is 86.3 Å². The highest BCUT2D eigenvalue weighted by atomic mass is 79.9. The van der Waals surface area contributed by atoms with Gasteiger partial charge in [0.1, 0.15) is 6.10 Å². The van der Waals surface area contributed by atoms with Crippen molar-refractivity contribution in [1.82, 2.24) is 0 Å². The van der Waals surface area contributed by atoms with Crippen LogP contribution in [0.25, 0.3) is 0 Å². The molecule has 0 amide bonds. The van der Waals surface area contributed by atoms with E-state index in [1.165, 1.54) is 0 Å². The Morgan fingerprint density at radius 3 is 2.31 bits per heavy atom. The lowest BCUT2D eigenvalue weighted by Crippen LogP contribution is -2.18. The first-order valence-corrected chi connectivity index (χ1v) is 5.35. The van der Waals surface area contributed by atoms with Crippen molar-refractivity contribution in [3.05, 3.63) is 35.9 Å². The van der Waals surface area contributed by atoms with E-state index in [0.29, 0.717) is 11.8 Å². The quantitative estimate of drug-likeness (QED) is 0.795. The van der Waals surface area contributed by atoms with Crippen LogP contribution in [0.15, 0.2) is 30.3 Å². The summed E-state index contributed by atoms with van der Waals surface area (Å²) in [6.07, 6.45) is -0.920. The van der Waals surface area contributed by atoms with Gasteiger partial charge < -0.3 is 10.2 Å². The second-order valence-corrected chi connectivity index (χ2v) is 3.69. The van der Waals surface area contributed by atoms with Crippen LogP contribution in [-0.2, 0) is 0 Å². The van der Waals surface area contributed by atoms with Gasteiger partial charge in [0.2, 0.25) is 0 Å². The van der Waals surface area contributed by atoms with Crippen molar-refractivity contribution in [3.8, 4) is 0 Å². The van der Waals surface area contributed by atoms with Gasteiger partial charge in [0, 0.05) is 5.33 Å². The Bertz CT molecular complexity index is 238. The van der Waals surface area contributed by atoms with E-state index in [2.05, 4.69) is 15.9 Å². The monoisotopic (exact) mass is 244 g/mol. The number of benzene rings is 1. The summed E-state index contributed by atoms with van der Waals surface area (Å²) in [6, 6.07) is 9.19. The summed E-state index contributed by atoms with van der Waals surface area (Å²) in [4.78, 5) is 0. The number of aliphatic hydroxyl groups excluding tert-OH is 2. The first kappa shape index (κ1) is 10.7. The lowest BCUT2D eigenvalue weighted by molar-refractivity contribution is 0.0173. The molecule has 1 aromatic carbocycles. The van der Waals surface area contributed by atoms with Crippen molar-refractivity contribution in [2.24, 2.45) is 0 Å². The highest BCUT2D eigenvalue weighted by Crippen LogP contribution is 2.18. The Morgan fingerprint density at radius 1 is 1.15 bits per heavy atom. The predicted molar refractivity (Wildman–Crippen MR) is 55.8 cm³/mol. The zero-order valence-electron chi connectivity index (χ0n) is 7.23. The van der Waals surface area contributed by atoms with Gasteiger partial charge in [-0.3, -0.25) is 0 Å². The molecule has 13 heavy (non-hydrogen) atoms. The van der Waals surface area contributed by atoms with E-state index in [1.54, 1.807) is 0 Å². The maximum absolute atomic E-state index is 9.65. The molecule has 3 heteroatoms. The zero-order chi connectivity index (χ0) is 9.68. The highest BCUT2D eigenvalue weighted by Gasteiger charge is 2.16. The third-order valence-electron chi connectivity index (χ3n) is 1.91. The van der Waals surface area contributed by atoms with E-state index in [1.807, 2.05) is 30.3 Å². The van der Waals surface area contributed by atoms with Gasteiger partial charge in [-0.15, -0.1) is 0 Å². The zero-order valence-corrected chi connectivity index (χ0v) is 8.81. The van der Waals surface area contributed by atoms with E-state index in [-0.39, 0.29) is 0 Å². The topological polar surface area (TPSA) is 40.5 Å². The van der Waals surface area contributed by atoms with Gasteiger partial charge in [-0.2, -0.15) is 0 Å². The van der Waals surface area contributed by atoms with Crippen LogP contribution in [0.2, 0.25) is 0 Å².